The van der Waals surface area contributed by atoms with E-state index in [9.17, 15) is 18.4 Å². The summed E-state index contributed by atoms with van der Waals surface area (Å²) in [5, 5.41) is 4.09. The van der Waals surface area contributed by atoms with E-state index in [-0.39, 0.29) is 31.8 Å². The average molecular weight is 632 g/mol. The van der Waals surface area contributed by atoms with Crippen LogP contribution in [-0.2, 0) is 22.5 Å². The minimum absolute atomic E-state index is 0.0283. The lowest BCUT2D eigenvalue weighted by Crippen LogP contribution is -2.54. The third-order valence-electron chi connectivity index (χ3n) is 9.11. The lowest BCUT2D eigenvalue weighted by Gasteiger charge is -2.38. The molecule has 12 heteroatoms. The zero-order chi connectivity index (χ0) is 32.5. The highest BCUT2D eigenvalue weighted by Crippen LogP contribution is 2.33. The molecule has 2 aromatic rings. The topological polar surface area (TPSA) is 101 Å². The van der Waals surface area contributed by atoms with Gasteiger partial charge in [0.25, 0.3) is 5.92 Å². The molecule has 0 radical (unpaired) electrons. The van der Waals surface area contributed by atoms with Crippen LogP contribution in [0.15, 0.2) is 22.7 Å². The maximum absolute atomic E-state index is 13.9. The molecule has 5 rings (SSSR count). The van der Waals surface area contributed by atoms with E-state index >= 15 is 0 Å². The summed E-state index contributed by atoms with van der Waals surface area (Å²) < 4.78 is 45.1. The van der Waals surface area contributed by atoms with Crippen LogP contribution in [-0.4, -0.2) is 82.3 Å². The Kier molecular flexibility index (Phi) is 9.60. The fourth-order valence-corrected chi connectivity index (χ4v) is 6.37. The summed E-state index contributed by atoms with van der Waals surface area (Å²) >= 11 is 0. The molecule has 2 atom stereocenters. The van der Waals surface area contributed by atoms with Crippen LogP contribution in [0.4, 0.5) is 19.6 Å². The van der Waals surface area contributed by atoms with Crippen molar-refractivity contribution in [2.75, 3.05) is 37.7 Å². The minimum Gasteiger partial charge on any atom is -0.494 e. The predicted molar refractivity (Wildman–Crippen MR) is 164 cm³/mol. The molecule has 3 aliphatic rings. The number of anilines is 1. The van der Waals surface area contributed by atoms with Crippen molar-refractivity contribution in [1.82, 2.24) is 19.9 Å². The first-order valence-electron chi connectivity index (χ1n) is 16.2. The molecule has 1 aromatic carbocycles. The van der Waals surface area contributed by atoms with Gasteiger partial charge in [-0.05, 0) is 75.1 Å². The molecule has 4 heterocycles. The minimum atomic E-state index is -2.91. The molecule has 2 amide bonds. The number of rotatable bonds is 8. The normalized spacial score (nSPS) is 21.2. The Bertz CT molecular complexity index is 1350. The first-order valence-corrected chi connectivity index (χ1v) is 16.2. The number of carbonyl (C=O) groups excluding carboxylic acids is 2. The van der Waals surface area contributed by atoms with Crippen LogP contribution in [0.3, 0.4) is 0 Å². The van der Waals surface area contributed by atoms with Crippen molar-refractivity contribution in [2.24, 2.45) is 11.8 Å². The molecule has 3 aliphatic heterocycles. The number of amides is 2. The maximum Gasteiger partial charge on any atom is 0.411 e. The van der Waals surface area contributed by atoms with Gasteiger partial charge in [0.05, 0.1) is 19.7 Å². The van der Waals surface area contributed by atoms with Crippen LogP contribution >= 0.6 is 0 Å². The smallest absolute Gasteiger partial charge is 0.411 e. The number of likely N-dealkylation sites (tertiary alicyclic amines) is 1. The second-order valence-electron chi connectivity index (χ2n) is 14.2. The van der Waals surface area contributed by atoms with Crippen LogP contribution in [0.5, 0.6) is 5.75 Å². The Balaban J connectivity index is 1.17. The van der Waals surface area contributed by atoms with E-state index in [1.54, 1.807) is 20.8 Å². The van der Waals surface area contributed by atoms with Gasteiger partial charge in [0.2, 0.25) is 5.91 Å². The molecule has 248 valence electrons. The molecule has 0 N–H and O–H groups in total. The molecule has 0 spiro atoms. The summed E-state index contributed by atoms with van der Waals surface area (Å²) in [5.74, 6) is -0.660. The van der Waals surface area contributed by atoms with E-state index < -0.39 is 36.1 Å². The van der Waals surface area contributed by atoms with Gasteiger partial charge >= 0.3 is 12.1 Å². The van der Waals surface area contributed by atoms with E-state index in [0.29, 0.717) is 30.2 Å². The lowest BCUT2D eigenvalue weighted by atomic mass is 9.84. The second-order valence-corrected chi connectivity index (χ2v) is 14.2. The van der Waals surface area contributed by atoms with E-state index in [1.807, 2.05) is 18.2 Å². The molecular formula is C33H47F2N5O5. The molecule has 0 saturated carbocycles. The Hall–Kier alpha value is -3.44. The van der Waals surface area contributed by atoms with Gasteiger partial charge in [-0.3, -0.25) is 9.69 Å². The molecule has 0 bridgehead atoms. The number of nitrogens with zero attached hydrogens (tertiary/aromatic N) is 5. The third kappa shape index (κ3) is 8.05. The highest BCUT2D eigenvalue weighted by atomic mass is 19.3. The van der Waals surface area contributed by atoms with E-state index in [4.69, 9.17) is 14.0 Å². The van der Waals surface area contributed by atoms with Gasteiger partial charge < -0.3 is 23.8 Å². The number of carbonyl (C=O) groups is 2. The van der Waals surface area contributed by atoms with Crippen LogP contribution < -0.4 is 9.64 Å². The summed E-state index contributed by atoms with van der Waals surface area (Å²) in [5.41, 5.74) is 0.984. The van der Waals surface area contributed by atoms with Crippen LogP contribution in [0.25, 0.3) is 0 Å². The summed E-state index contributed by atoms with van der Waals surface area (Å²) in [6, 6.07) is 5.41. The summed E-state index contributed by atoms with van der Waals surface area (Å²) in [7, 11) is 0. The zero-order valence-corrected chi connectivity index (χ0v) is 27.4. The highest BCUT2D eigenvalue weighted by molar-refractivity contribution is 5.87. The Morgan fingerprint density at radius 2 is 1.84 bits per heavy atom. The average Bonchev–Trinajstić information content (AvgIpc) is 3.62. The molecule has 2 saturated heterocycles. The second kappa shape index (κ2) is 13.1. The predicted octanol–water partition coefficient (Wildman–Crippen LogP) is 6.04. The SMILES string of the molecule is CC(C)c1noc(N2CCC([C@H](C)CCOc3ccc4c(c3)CN(C(=O)OC(C)(C)C)C(C(=O)N3CCC(F)(F)C3)C4)CC2)n1. The number of hydrogen-bond acceptors (Lipinski definition) is 8. The third-order valence-corrected chi connectivity index (χ3v) is 9.11. The van der Waals surface area contributed by atoms with Gasteiger partial charge in [0.1, 0.15) is 17.4 Å². The molecule has 0 aliphatic carbocycles. The Morgan fingerprint density at radius 3 is 2.47 bits per heavy atom. The number of piperidine rings is 1. The van der Waals surface area contributed by atoms with Gasteiger partial charge in [0.15, 0.2) is 5.82 Å². The van der Waals surface area contributed by atoms with Crippen molar-refractivity contribution in [1.29, 1.82) is 0 Å². The monoisotopic (exact) mass is 631 g/mol. The van der Waals surface area contributed by atoms with E-state index in [1.165, 1.54) is 9.80 Å². The van der Waals surface area contributed by atoms with Crippen LogP contribution in [0.1, 0.15) is 90.1 Å². The van der Waals surface area contributed by atoms with Crippen LogP contribution in [0.2, 0.25) is 0 Å². The van der Waals surface area contributed by atoms with Gasteiger partial charge in [-0.25, -0.2) is 13.6 Å². The molecular weight excluding hydrogens is 584 g/mol. The van der Waals surface area contributed by atoms with Gasteiger partial charge in [0, 0.05) is 38.4 Å². The Morgan fingerprint density at radius 1 is 1.11 bits per heavy atom. The number of hydrogen-bond donors (Lipinski definition) is 0. The van der Waals surface area contributed by atoms with Gasteiger partial charge in [-0.1, -0.05) is 32.0 Å². The van der Waals surface area contributed by atoms with E-state index in [2.05, 4.69) is 35.8 Å². The summed E-state index contributed by atoms with van der Waals surface area (Å²) in [4.78, 5) is 35.9. The quantitative estimate of drug-likeness (QED) is 0.348. The van der Waals surface area contributed by atoms with Gasteiger partial charge in [-0.15, -0.1) is 0 Å². The first kappa shape index (κ1) is 32.9. The number of aromatic nitrogens is 2. The first-order chi connectivity index (χ1) is 21.2. The lowest BCUT2D eigenvalue weighted by molar-refractivity contribution is -0.138. The van der Waals surface area contributed by atoms with Crippen molar-refractivity contribution in [3.63, 3.8) is 0 Å². The van der Waals surface area contributed by atoms with Crippen molar-refractivity contribution in [3.8, 4) is 5.75 Å². The summed E-state index contributed by atoms with van der Waals surface area (Å²) in [6.07, 6.45) is 2.23. The number of alkyl halides is 2. The molecule has 2 fully saturated rings. The van der Waals surface area contributed by atoms with Crippen molar-refractivity contribution < 1.29 is 32.4 Å². The number of ether oxygens (including phenoxy) is 2. The summed E-state index contributed by atoms with van der Waals surface area (Å²) in [6.45, 7) is 13.5. The Labute approximate surface area is 264 Å². The molecule has 1 aromatic heterocycles. The van der Waals surface area contributed by atoms with Crippen molar-refractivity contribution in [2.45, 2.75) is 104 Å². The largest absolute Gasteiger partial charge is 0.494 e. The highest BCUT2D eigenvalue weighted by Gasteiger charge is 2.45. The zero-order valence-electron chi connectivity index (χ0n) is 27.4. The van der Waals surface area contributed by atoms with Crippen molar-refractivity contribution >= 4 is 18.0 Å². The molecule has 45 heavy (non-hydrogen) atoms. The van der Waals surface area contributed by atoms with Crippen molar-refractivity contribution in [3.05, 3.63) is 35.2 Å². The van der Waals surface area contributed by atoms with Gasteiger partial charge in [-0.2, -0.15) is 4.98 Å². The van der Waals surface area contributed by atoms with Crippen LogP contribution in [0, 0.1) is 11.8 Å². The fourth-order valence-electron chi connectivity index (χ4n) is 6.37. The molecule has 1 unspecified atom stereocenters. The fraction of sp³-hybridized carbons (Fsp3) is 0.697. The van der Waals surface area contributed by atoms with E-state index in [0.717, 1.165) is 49.3 Å². The molecule has 10 nitrogen and oxygen atoms in total. The standard InChI is InChI=1S/C33H47F2N5O5/c1-21(2)28-36-30(45-37-28)38-13-9-23(10-14-38)22(3)11-16-43-26-8-7-24-18-27(29(41)39-15-12-33(34,35)20-39)40(19-25(24)17-26)31(42)44-32(4,5)6/h7-8,17,21-23,27H,9-16,18-20H2,1-6H3/t22-,27?/m1/s1. The number of halogens is 2. The maximum atomic E-state index is 13.9. The number of fused-ring (bicyclic) bond motifs is 1. The number of benzene rings is 1.